The molecule has 0 unspecified atom stereocenters. The van der Waals surface area contributed by atoms with Crippen molar-refractivity contribution >= 4 is 11.6 Å². The monoisotopic (exact) mass is 399 g/mol. The number of para-hydroxylation sites is 1. The van der Waals surface area contributed by atoms with Gasteiger partial charge in [0.2, 0.25) is 5.89 Å². The van der Waals surface area contributed by atoms with Gasteiger partial charge in [-0.1, -0.05) is 47.1 Å². The van der Waals surface area contributed by atoms with Crippen LogP contribution < -0.4 is 9.47 Å². The summed E-state index contributed by atoms with van der Waals surface area (Å²) in [6.07, 6.45) is 1.47. The average molecular weight is 400 g/mol. The van der Waals surface area contributed by atoms with Crippen LogP contribution in [0, 0.1) is 0 Å². The number of rotatable bonds is 5. The maximum absolute atomic E-state index is 6.23. The first-order valence-electron chi connectivity index (χ1n) is 9.29. The summed E-state index contributed by atoms with van der Waals surface area (Å²) in [6.45, 7) is 2.85. The molecule has 0 saturated heterocycles. The van der Waals surface area contributed by atoms with E-state index in [4.69, 9.17) is 25.6 Å². The van der Waals surface area contributed by atoms with Crippen molar-refractivity contribution in [3.05, 3.63) is 70.3 Å². The fourth-order valence-electron chi connectivity index (χ4n) is 3.36. The summed E-state index contributed by atoms with van der Waals surface area (Å²) in [5, 5.41) is 4.83. The van der Waals surface area contributed by atoms with Crippen LogP contribution in [0.4, 0.5) is 0 Å². The second-order valence-electron chi connectivity index (χ2n) is 6.73. The fourth-order valence-corrected chi connectivity index (χ4v) is 3.56. The molecule has 0 atom stereocenters. The van der Waals surface area contributed by atoms with Crippen molar-refractivity contribution < 1.29 is 14.0 Å². The molecule has 1 aliphatic heterocycles. The molecule has 0 amide bonds. The Bertz CT molecular complexity index is 944. The molecule has 3 aromatic rings. The predicted molar refractivity (Wildman–Crippen MR) is 106 cm³/mol. The molecule has 28 heavy (non-hydrogen) atoms. The molecule has 6 nitrogen and oxygen atoms in total. The van der Waals surface area contributed by atoms with Crippen LogP contribution in [0.3, 0.4) is 0 Å². The van der Waals surface area contributed by atoms with Crippen molar-refractivity contribution in [1.29, 1.82) is 0 Å². The van der Waals surface area contributed by atoms with Crippen molar-refractivity contribution in [2.45, 2.75) is 25.9 Å². The van der Waals surface area contributed by atoms with Crippen molar-refractivity contribution in [1.82, 2.24) is 15.0 Å². The number of aromatic nitrogens is 2. The van der Waals surface area contributed by atoms with E-state index in [1.165, 1.54) is 0 Å². The third-order valence-electron chi connectivity index (χ3n) is 4.71. The lowest BCUT2D eigenvalue weighted by atomic mass is 10.1. The number of halogens is 1. The first-order chi connectivity index (χ1) is 13.7. The molecular formula is C21H22ClN3O3. The molecule has 7 heteroatoms. The molecular weight excluding hydrogens is 378 g/mol. The van der Waals surface area contributed by atoms with Gasteiger partial charge < -0.3 is 14.0 Å². The molecule has 146 valence electrons. The second-order valence-corrected chi connectivity index (χ2v) is 7.14. The van der Waals surface area contributed by atoms with E-state index >= 15 is 0 Å². The maximum Gasteiger partial charge on any atom is 0.240 e. The first-order valence-corrected chi connectivity index (χ1v) is 9.66. The summed E-state index contributed by atoms with van der Waals surface area (Å²) in [6, 6.07) is 13.7. The smallest absolute Gasteiger partial charge is 0.240 e. The van der Waals surface area contributed by atoms with Gasteiger partial charge in [0.05, 0.1) is 20.3 Å². The first kappa shape index (κ1) is 18.8. The Kier molecular flexibility index (Phi) is 5.78. The molecule has 1 aromatic heterocycles. The van der Waals surface area contributed by atoms with Crippen LogP contribution in [0.2, 0.25) is 5.02 Å². The van der Waals surface area contributed by atoms with E-state index in [1.807, 2.05) is 36.4 Å². The topological polar surface area (TPSA) is 60.6 Å². The van der Waals surface area contributed by atoms with Crippen molar-refractivity contribution in [3.63, 3.8) is 0 Å². The summed E-state index contributed by atoms with van der Waals surface area (Å²) in [5.74, 6) is 2.83. The van der Waals surface area contributed by atoms with Crippen molar-refractivity contribution in [2.24, 2.45) is 0 Å². The van der Waals surface area contributed by atoms with Crippen LogP contribution >= 0.6 is 11.6 Å². The molecule has 0 saturated carbocycles. The Morgan fingerprint density at radius 1 is 1.18 bits per heavy atom. The largest absolute Gasteiger partial charge is 0.493 e. The minimum Gasteiger partial charge on any atom is -0.493 e. The Labute approximate surface area is 169 Å². The number of methoxy groups -OCH3 is 1. The third-order valence-corrected chi connectivity index (χ3v) is 5.08. The zero-order chi connectivity index (χ0) is 19.3. The van der Waals surface area contributed by atoms with Crippen LogP contribution in [-0.4, -0.2) is 35.3 Å². The lowest BCUT2D eigenvalue weighted by molar-refractivity contribution is 0.177. The van der Waals surface area contributed by atoms with Crippen LogP contribution in [0.1, 0.15) is 29.3 Å². The molecule has 0 radical (unpaired) electrons. The van der Waals surface area contributed by atoms with Crippen LogP contribution in [0.15, 0.2) is 47.0 Å². The predicted octanol–water partition coefficient (Wildman–Crippen LogP) is 4.11. The number of benzene rings is 2. The summed E-state index contributed by atoms with van der Waals surface area (Å²) in [5.41, 5.74) is 2.08. The SMILES string of the molecule is COc1cccc2c1OCCCN(Cc1nc(Cc3ccccc3Cl)no1)C2. The highest BCUT2D eigenvalue weighted by Gasteiger charge is 2.19. The highest BCUT2D eigenvalue weighted by atomic mass is 35.5. The highest BCUT2D eigenvalue weighted by molar-refractivity contribution is 6.31. The van der Waals surface area contributed by atoms with E-state index in [0.717, 1.165) is 42.1 Å². The standard InChI is InChI=1S/C21H22ClN3O3/c1-26-18-9-4-7-16-13-25(10-5-11-27-21(16)18)14-20-23-19(24-28-20)12-15-6-2-3-8-17(15)22/h2-4,6-9H,5,10-14H2,1H3. The fraction of sp³-hybridized carbons (Fsp3) is 0.333. The van der Waals surface area contributed by atoms with Gasteiger partial charge in [0.15, 0.2) is 17.3 Å². The van der Waals surface area contributed by atoms with Gasteiger partial charge in [0, 0.05) is 30.1 Å². The van der Waals surface area contributed by atoms with Gasteiger partial charge in [0.1, 0.15) is 0 Å². The summed E-state index contributed by atoms with van der Waals surface area (Å²) in [4.78, 5) is 6.84. The van der Waals surface area contributed by atoms with Crippen LogP contribution in [0.5, 0.6) is 11.5 Å². The zero-order valence-corrected chi connectivity index (χ0v) is 16.5. The van der Waals surface area contributed by atoms with Gasteiger partial charge in [-0.15, -0.1) is 0 Å². The minimum absolute atomic E-state index is 0.553. The second kappa shape index (κ2) is 8.63. The Morgan fingerprint density at radius 3 is 2.93 bits per heavy atom. The summed E-state index contributed by atoms with van der Waals surface area (Å²) in [7, 11) is 1.66. The number of hydrogen-bond acceptors (Lipinski definition) is 6. The molecule has 0 fully saturated rings. The van der Waals surface area contributed by atoms with E-state index in [1.54, 1.807) is 7.11 Å². The van der Waals surface area contributed by atoms with E-state index in [2.05, 4.69) is 21.1 Å². The van der Waals surface area contributed by atoms with Crippen molar-refractivity contribution in [3.8, 4) is 11.5 Å². The zero-order valence-electron chi connectivity index (χ0n) is 15.7. The number of hydrogen-bond donors (Lipinski definition) is 0. The molecule has 0 aliphatic carbocycles. The van der Waals surface area contributed by atoms with E-state index in [0.29, 0.717) is 36.3 Å². The molecule has 2 aromatic carbocycles. The Morgan fingerprint density at radius 2 is 2.07 bits per heavy atom. The lowest BCUT2D eigenvalue weighted by Crippen LogP contribution is -2.27. The Balaban J connectivity index is 1.47. The number of fused-ring (bicyclic) bond motifs is 1. The molecule has 0 N–H and O–H groups in total. The van der Waals surface area contributed by atoms with E-state index in [-0.39, 0.29) is 0 Å². The normalized spacial score (nSPS) is 14.6. The minimum atomic E-state index is 0.553. The molecule has 0 spiro atoms. The molecule has 0 bridgehead atoms. The van der Waals surface area contributed by atoms with Gasteiger partial charge in [-0.3, -0.25) is 4.90 Å². The lowest BCUT2D eigenvalue weighted by Gasteiger charge is -2.25. The van der Waals surface area contributed by atoms with Gasteiger partial charge >= 0.3 is 0 Å². The van der Waals surface area contributed by atoms with Gasteiger partial charge in [-0.05, 0) is 24.1 Å². The summed E-state index contributed by atoms with van der Waals surface area (Å²) < 4.78 is 16.8. The number of nitrogens with zero attached hydrogens (tertiary/aromatic N) is 3. The molecule has 4 rings (SSSR count). The third kappa shape index (κ3) is 4.29. The van der Waals surface area contributed by atoms with Gasteiger partial charge in [-0.25, -0.2) is 0 Å². The maximum atomic E-state index is 6.23. The van der Waals surface area contributed by atoms with Crippen molar-refractivity contribution in [2.75, 3.05) is 20.3 Å². The van der Waals surface area contributed by atoms with E-state index in [9.17, 15) is 0 Å². The average Bonchev–Trinajstić information content (AvgIpc) is 3.12. The highest BCUT2D eigenvalue weighted by Crippen LogP contribution is 2.33. The Hall–Kier alpha value is -2.57. The van der Waals surface area contributed by atoms with E-state index < -0.39 is 0 Å². The summed E-state index contributed by atoms with van der Waals surface area (Å²) >= 11 is 6.23. The van der Waals surface area contributed by atoms with Crippen LogP contribution in [-0.2, 0) is 19.5 Å². The molecule has 2 heterocycles. The van der Waals surface area contributed by atoms with Gasteiger partial charge in [0.25, 0.3) is 0 Å². The number of ether oxygens (including phenoxy) is 2. The quantitative estimate of drug-likeness (QED) is 0.643. The van der Waals surface area contributed by atoms with Gasteiger partial charge in [-0.2, -0.15) is 4.98 Å². The van der Waals surface area contributed by atoms with Crippen LogP contribution in [0.25, 0.3) is 0 Å². The molecule has 1 aliphatic rings.